The molecule has 2 aromatic carbocycles. The van der Waals surface area contributed by atoms with E-state index in [0.717, 1.165) is 11.1 Å². The minimum atomic E-state index is -4.77. The summed E-state index contributed by atoms with van der Waals surface area (Å²) in [7, 11) is 0. The standard InChI is InChI=1S/C23H20ClF3N4O2S/c1-13-6-7-15(19(24)8-13)9-16-12-32-31-22(30-16)21-20(11-28-14(2)29-21)34-18-5-3-4-17(10-18)33-23(25,26)27/h3-8,10-11,16H,9,12H2,1-2H3,(H,30,31)/t16-/m0/s1. The molecule has 0 unspecified atom stereocenters. The predicted molar refractivity (Wildman–Crippen MR) is 123 cm³/mol. The van der Waals surface area contributed by atoms with Crippen molar-refractivity contribution in [2.75, 3.05) is 6.61 Å². The quantitative estimate of drug-likeness (QED) is 0.461. The number of hydrogen-bond acceptors (Lipinski definition) is 7. The number of halogens is 4. The molecule has 1 aliphatic heterocycles. The van der Waals surface area contributed by atoms with E-state index >= 15 is 0 Å². The van der Waals surface area contributed by atoms with Crippen LogP contribution in [0.1, 0.15) is 22.6 Å². The summed E-state index contributed by atoms with van der Waals surface area (Å²) in [5.74, 6) is 0.621. The second-order valence-electron chi connectivity index (χ2n) is 7.60. The van der Waals surface area contributed by atoms with Gasteiger partial charge >= 0.3 is 6.36 Å². The fourth-order valence-corrected chi connectivity index (χ4v) is 4.54. The third kappa shape index (κ3) is 6.40. The smallest absolute Gasteiger partial charge is 0.406 e. The zero-order chi connectivity index (χ0) is 24.3. The SMILES string of the molecule is Cc1ccc(C[C@H]2CONC(c3nc(C)ncc3Sc3cccc(OC(F)(F)F)c3)=N2)c(Cl)c1. The third-order valence-corrected chi connectivity index (χ3v) is 6.15. The van der Waals surface area contributed by atoms with Crippen LogP contribution in [0.25, 0.3) is 0 Å². The molecule has 1 aliphatic rings. The number of hydroxylamine groups is 1. The van der Waals surface area contributed by atoms with Gasteiger partial charge in [0.1, 0.15) is 17.3 Å². The lowest BCUT2D eigenvalue weighted by molar-refractivity contribution is -0.274. The Morgan fingerprint density at radius 1 is 1.21 bits per heavy atom. The van der Waals surface area contributed by atoms with Gasteiger partial charge in [-0.3, -0.25) is 9.83 Å². The Kier molecular flexibility index (Phi) is 7.30. The van der Waals surface area contributed by atoms with Crippen molar-refractivity contribution >= 4 is 29.2 Å². The summed E-state index contributed by atoms with van der Waals surface area (Å²) in [4.78, 5) is 20.2. The largest absolute Gasteiger partial charge is 0.573 e. The number of aryl methyl sites for hydroxylation is 2. The highest BCUT2D eigenvalue weighted by Gasteiger charge is 2.31. The summed E-state index contributed by atoms with van der Waals surface area (Å²) < 4.78 is 41.8. The molecule has 0 saturated heterocycles. The fraction of sp³-hybridized carbons (Fsp3) is 0.261. The van der Waals surface area contributed by atoms with Gasteiger partial charge in [-0.25, -0.2) is 15.4 Å². The zero-order valence-electron chi connectivity index (χ0n) is 18.2. The minimum absolute atomic E-state index is 0.201. The Hall–Kier alpha value is -2.82. The van der Waals surface area contributed by atoms with E-state index in [-0.39, 0.29) is 11.8 Å². The summed E-state index contributed by atoms with van der Waals surface area (Å²) in [6.45, 7) is 4.06. The Balaban J connectivity index is 1.60. The van der Waals surface area contributed by atoms with Crippen LogP contribution in [0.2, 0.25) is 5.02 Å². The average molecular weight is 509 g/mol. The molecule has 1 aromatic heterocycles. The number of benzene rings is 2. The lowest BCUT2D eigenvalue weighted by Crippen LogP contribution is -2.37. The summed E-state index contributed by atoms with van der Waals surface area (Å²) >= 11 is 7.58. The second-order valence-corrected chi connectivity index (χ2v) is 9.12. The van der Waals surface area contributed by atoms with Gasteiger partial charge in [-0.15, -0.1) is 13.2 Å². The molecule has 3 aromatic rings. The molecule has 4 rings (SSSR count). The highest BCUT2D eigenvalue weighted by atomic mass is 35.5. The molecule has 0 amide bonds. The van der Waals surface area contributed by atoms with Crippen LogP contribution in [0.15, 0.2) is 63.4 Å². The molecule has 0 saturated carbocycles. The van der Waals surface area contributed by atoms with Gasteiger partial charge in [0.05, 0.1) is 17.5 Å². The van der Waals surface area contributed by atoms with Crippen LogP contribution in [-0.2, 0) is 11.3 Å². The Bertz CT molecular complexity index is 1220. The topological polar surface area (TPSA) is 68.6 Å². The number of aliphatic imine (C=N–C) groups is 1. The molecule has 11 heteroatoms. The first-order valence-corrected chi connectivity index (χ1v) is 11.4. The Labute approximate surface area is 203 Å². The van der Waals surface area contributed by atoms with Crippen LogP contribution in [0.4, 0.5) is 13.2 Å². The molecule has 34 heavy (non-hydrogen) atoms. The number of nitrogens with zero attached hydrogens (tertiary/aromatic N) is 3. The molecule has 1 N–H and O–H groups in total. The molecule has 6 nitrogen and oxygen atoms in total. The monoisotopic (exact) mass is 508 g/mol. The van der Waals surface area contributed by atoms with Gasteiger partial charge in [0.25, 0.3) is 0 Å². The van der Waals surface area contributed by atoms with Crippen LogP contribution < -0.4 is 10.2 Å². The summed E-state index contributed by atoms with van der Waals surface area (Å²) in [6.07, 6.45) is -2.59. The van der Waals surface area contributed by atoms with Crippen molar-refractivity contribution in [3.63, 3.8) is 0 Å². The van der Waals surface area contributed by atoms with Crippen molar-refractivity contribution < 1.29 is 22.7 Å². The van der Waals surface area contributed by atoms with Crippen molar-refractivity contribution in [3.05, 3.63) is 76.3 Å². The van der Waals surface area contributed by atoms with Crippen molar-refractivity contribution in [2.24, 2.45) is 4.99 Å². The van der Waals surface area contributed by atoms with Crippen LogP contribution in [0, 0.1) is 13.8 Å². The van der Waals surface area contributed by atoms with Gasteiger partial charge in [-0.2, -0.15) is 0 Å². The van der Waals surface area contributed by atoms with E-state index in [1.165, 1.54) is 30.0 Å². The van der Waals surface area contributed by atoms with Crippen LogP contribution >= 0.6 is 23.4 Å². The number of aromatic nitrogens is 2. The van der Waals surface area contributed by atoms with Gasteiger partial charge < -0.3 is 4.74 Å². The number of nitrogens with one attached hydrogen (secondary N) is 1. The molecule has 0 spiro atoms. The molecular weight excluding hydrogens is 489 g/mol. The van der Waals surface area contributed by atoms with Crippen molar-refractivity contribution in [2.45, 2.75) is 42.5 Å². The van der Waals surface area contributed by atoms with Gasteiger partial charge in [-0.1, -0.05) is 41.6 Å². The molecule has 0 bridgehead atoms. The highest BCUT2D eigenvalue weighted by Crippen LogP contribution is 2.33. The maximum atomic E-state index is 12.6. The van der Waals surface area contributed by atoms with E-state index in [2.05, 4.69) is 20.2 Å². The maximum absolute atomic E-state index is 12.6. The maximum Gasteiger partial charge on any atom is 0.573 e. The molecular formula is C23H20ClF3N4O2S. The molecule has 1 atom stereocenters. The first-order valence-electron chi connectivity index (χ1n) is 10.2. The van der Waals surface area contributed by atoms with Gasteiger partial charge in [0.15, 0.2) is 5.84 Å². The summed E-state index contributed by atoms with van der Waals surface area (Å²) in [6, 6.07) is 11.4. The lowest BCUT2D eigenvalue weighted by atomic mass is 10.0. The number of rotatable bonds is 6. The lowest BCUT2D eigenvalue weighted by Gasteiger charge is -2.23. The Morgan fingerprint density at radius 2 is 2.03 bits per heavy atom. The number of amidine groups is 1. The minimum Gasteiger partial charge on any atom is -0.406 e. The van der Waals surface area contributed by atoms with E-state index in [9.17, 15) is 13.2 Å². The van der Waals surface area contributed by atoms with Crippen LogP contribution in [0.3, 0.4) is 0 Å². The predicted octanol–water partition coefficient (Wildman–Crippen LogP) is 5.69. The molecule has 0 aliphatic carbocycles. The molecule has 0 fully saturated rings. The van der Waals surface area contributed by atoms with Crippen LogP contribution in [0.5, 0.6) is 5.75 Å². The van der Waals surface area contributed by atoms with E-state index in [0.29, 0.717) is 45.2 Å². The van der Waals surface area contributed by atoms with Gasteiger partial charge in [0, 0.05) is 16.1 Å². The molecule has 0 radical (unpaired) electrons. The van der Waals surface area contributed by atoms with Crippen molar-refractivity contribution in [1.29, 1.82) is 0 Å². The first kappa shape index (κ1) is 24.3. The number of alkyl halides is 3. The van der Waals surface area contributed by atoms with Gasteiger partial charge in [-0.05, 0) is 55.7 Å². The van der Waals surface area contributed by atoms with Crippen molar-refractivity contribution in [3.8, 4) is 5.75 Å². The summed E-state index contributed by atoms with van der Waals surface area (Å²) in [5.41, 5.74) is 5.33. The highest BCUT2D eigenvalue weighted by molar-refractivity contribution is 7.99. The van der Waals surface area contributed by atoms with E-state index < -0.39 is 6.36 Å². The third-order valence-electron chi connectivity index (χ3n) is 4.79. The first-order chi connectivity index (χ1) is 16.2. The second kappa shape index (κ2) is 10.2. The fourth-order valence-electron chi connectivity index (χ4n) is 3.30. The normalized spacial score (nSPS) is 16.1. The zero-order valence-corrected chi connectivity index (χ0v) is 19.8. The van der Waals surface area contributed by atoms with Crippen molar-refractivity contribution in [1.82, 2.24) is 15.4 Å². The van der Waals surface area contributed by atoms with Gasteiger partial charge in [0.2, 0.25) is 0 Å². The Morgan fingerprint density at radius 3 is 2.79 bits per heavy atom. The molecule has 2 heterocycles. The molecule has 178 valence electrons. The van der Waals surface area contributed by atoms with E-state index in [4.69, 9.17) is 21.4 Å². The number of hydrogen-bond donors (Lipinski definition) is 1. The van der Waals surface area contributed by atoms with Crippen LogP contribution in [-0.4, -0.2) is 34.8 Å². The average Bonchev–Trinajstić information content (AvgIpc) is 2.76. The number of ether oxygens (including phenoxy) is 1. The van der Waals surface area contributed by atoms with E-state index in [1.807, 2.05) is 25.1 Å². The summed E-state index contributed by atoms with van der Waals surface area (Å²) in [5, 5.41) is 0.672. The van der Waals surface area contributed by atoms with E-state index in [1.54, 1.807) is 19.2 Å².